The Hall–Kier alpha value is -4.00. The van der Waals surface area contributed by atoms with E-state index in [1.54, 1.807) is 48.7 Å². The number of hydrogen-bond acceptors (Lipinski definition) is 4. The molecule has 7 nitrogen and oxygen atoms in total. The van der Waals surface area contributed by atoms with Crippen molar-refractivity contribution in [3.63, 3.8) is 0 Å². The molecule has 1 aliphatic rings. The fourth-order valence-corrected chi connectivity index (χ4v) is 4.14. The molecule has 2 aromatic carbocycles. The van der Waals surface area contributed by atoms with Crippen LogP contribution < -0.4 is 10.6 Å². The number of nitrogens with one attached hydrogen (secondary N) is 3. The van der Waals surface area contributed by atoms with Gasteiger partial charge in [-0.15, -0.1) is 0 Å². The molecule has 4 rings (SSSR count). The summed E-state index contributed by atoms with van der Waals surface area (Å²) in [5, 5.41) is 14.2. The number of benzene rings is 2. The van der Waals surface area contributed by atoms with Crippen LogP contribution in [0.15, 0.2) is 66.9 Å². The highest BCUT2D eigenvalue weighted by molar-refractivity contribution is 6.12. The SMILES string of the molecule is Cc1ccc(NC(=O)c2ccccc2NC(=O)c2ccc(C(=N)N3CCCCCCC3)cc2)nc1. The average Bonchev–Trinajstić information content (AvgIpc) is 2.85. The largest absolute Gasteiger partial charge is 0.357 e. The fraction of sp³-hybridized carbons (Fsp3) is 0.286. The van der Waals surface area contributed by atoms with E-state index in [-0.39, 0.29) is 11.8 Å². The van der Waals surface area contributed by atoms with E-state index >= 15 is 0 Å². The Morgan fingerprint density at radius 1 is 0.800 bits per heavy atom. The summed E-state index contributed by atoms with van der Waals surface area (Å²) >= 11 is 0. The standard InChI is InChI=1S/C28H31N5O2/c1-20-11-16-25(30-19-20)32-28(35)23-9-5-6-10-24(23)31-27(34)22-14-12-21(13-15-22)26(29)33-17-7-3-2-4-8-18-33/h5-6,9-16,19,29H,2-4,7-8,17-18H2,1H3,(H,31,34)(H,30,32,35). The number of aryl methyl sites for hydroxylation is 1. The minimum atomic E-state index is -0.353. The van der Waals surface area contributed by atoms with Crippen LogP contribution >= 0.6 is 0 Å². The predicted molar refractivity (Wildman–Crippen MR) is 139 cm³/mol. The molecule has 0 aliphatic carbocycles. The molecular weight excluding hydrogens is 438 g/mol. The monoisotopic (exact) mass is 469 g/mol. The van der Waals surface area contributed by atoms with Crippen LogP contribution in [0.25, 0.3) is 0 Å². The van der Waals surface area contributed by atoms with Crippen LogP contribution in [0.2, 0.25) is 0 Å². The van der Waals surface area contributed by atoms with Crippen molar-refractivity contribution >= 4 is 29.2 Å². The summed E-state index contributed by atoms with van der Waals surface area (Å²) in [6.45, 7) is 3.73. The van der Waals surface area contributed by atoms with Crippen LogP contribution in [0, 0.1) is 12.3 Å². The van der Waals surface area contributed by atoms with Crippen LogP contribution in [-0.4, -0.2) is 40.6 Å². The first-order valence-corrected chi connectivity index (χ1v) is 12.1. The minimum Gasteiger partial charge on any atom is -0.357 e. The fourth-order valence-electron chi connectivity index (χ4n) is 4.14. The first kappa shape index (κ1) is 24.1. The van der Waals surface area contributed by atoms with Gasteiger partial charge in [0.2, 0.25) is 0 Å². The van der Waals surface area contributed by atoms with Crippen molar-refractivity contribution in [2.45, 2.75) is 39.0 Å². The Morgan fingerprint density at radius 2 is 1.46 bits per heavy atom. The summed E-state index contributed by atoms with van der Waals surface area (Å²) in [6.07, 6.45) is 7.60. The van der Waals surface area contributed by atoms with Gasteiger partial charge in [-0.25, -0.2) is 4.98 Å². The summed E-state index contributed by atoms with van der Waals surface area (Å²) in [6, 6.07) is 17.6. The molecule has 2 amide bonds. The normalized spacial score (nSPS) is 13.9. The molecule has 0 bridgehead atoms. The smallest absolute Gasteiger partial charge is 0.258 e. The Bertz CT molecular complexity index is 1180. The lowest BCUT2D eigenvalue weighted by Gasteiger charge is -2.27. The van der Waals surface area contributed by atoms with Gasteiger partial charge < -0.3 is 15.5 Å². The molecule has 0 unspecified atom stereocenters. The molecule has 0 radical (unpaired) electrons. The van der Waals surface area contributed by atoms with Crippen molar-refractivity contribution in [1.82, 2.24) is 9.88 Å². The van der Waals surface area contributed by atoms with Gasteiger partial charge in [0, 0.05) is 30.4 Å². The summed E-state index contributed by atoms with van der Waals surface area (Å²) < 4.78 is 0. The van der Waals surface area contributed by atoms with Gasteiger partial charge in [-0.1, -0.05) is 49.6 Å². The molecule has 2 heterocycles. The quantitative estimate of drug-likeness (QED) is 0.340. The van der Waals surface area contributed by atoms with E-state index in [2.05, 4.69) is 20.5 Å². The number of hydrogen-bond donors (Lipinski definition) is 3. The molecule has 180 valence electrons. The summed E-state index contributed by atoms with van der Waals surface area (Å²) in [5.74, 6) is 0.280. The Kier molecular flexibility index (Phi) is 7.88. The van der Waals surface area contributed by atoms with Gasteiger partial charge in [0.25, 0.3) is 11.8 Å². The van der Waals surface area contributed by atoms with Gasteiger partial charge in [-0.3, -0.25) is 15.0 Å². The maximum absolute atomic E-state index is 12.9. The van der Waals surface area contributed by atoms with E-state index < -0.39 is 0 Å². The summed E-state index contributed by atoms with van der Waals surface area (Å²) in [7, 11) is 0. The van der Waals surface area contributed by atoms with Crippen molar-refractivity contribution in [3.8, 4) is 0 Å². The van der Waals surface area contributed by atoms with Crippen molar-refractivity contribution in [2.75, 3.05) is 23.7 Å². The van der Waals surface area contributed by atoms with E-state index in [0.717, 1.165) is 37.1 Å². The van der Waals surface area contributed by atoms with Gasteiger partial charge in [0.15, 0.2) is 0 Å². The van der Waals surface area contributed by atoms with E-state index in [0.29, 0.717) is 28.5 Å². The number of nitrogens with zero attached hydrogens (tertiary/aromatic N) is 2. The maximum atomic E-state index is 12.9. The number of amidine groups is 1. The summed E-state index contributed by atoms with van der Waals surface area (Å²) in [5.41, 5.74) is 3.02. The lowest BCUT2D eigenvalue weighted by Crippen LogP contribution is -2.33. The third-order valence-corrected chi connectivity index (χ3v) is 6.17. The van der Waals surface area contributed by atoms with E-state index in [4.69, 9.17) is 5.41 Å². The zero-order valence-electron chi connectivity index (χ0n) is 20.0. The number of anilines is 2. The molecule has 35 heavy (non-hydrogen) atoms. The van der Waals surface area contributed by atoms with E-state index in [1.165, 1.54) is 19.3 Å². The topological polar surface area (TPSA) is 98.2 Å². The number of likely N-dealkylation sites (tertiary alicyclic amines) is 1. The molecular formula is C28H31N5O2. The van der Waals surface area contributed by atoms with E-state index in [9.17, 15) is 9.59 Å². The lowest BCUT2D eigenvalue weighted by atomic mass is 10.1. The van der Waals surface area contributed by atoms with Gasteiger partial charge in [-0.05, 0) is 55.7 Å². The van der Waals surface area contributed by atoms with Crippen LogP contribution in [-0.2, 0) is 0 Å². The van der Waals surface area contributed by atoms with Crippen molar-refractivity contribution in [3.05, 3.63) is 89.1 Å². The maximum Gasteiger partial charge on any atom is 0.258 e. The molecule has 7 heteroatoms. The summed E-state index contributed by atoms with van der Waals surface area (Å²) in [4.78, 5) is 32.1. The second kappa shape index (κ2) is 11.4. The average molecular weight is 470 g/mol. The predicted octanol–water partition coefficient (Wildman–Crippen LogP) is 5.49. The molecule has 0 spiro atoms. The van der Waals surface area contributed by atoms with Crippen molar-refractivity contribution in [1.29, 1.82) is 5.41 Å². The minimum absolute atomic E-state index is 0.317. The highest BCUT2D eigenvalue weighted by Gasteiger charge is 2.17. The highest BCUT2D eigenvalue weighted by atomic mass is 16.2. The molecule has 3 aromatic rings. The van der Waals surface area contributed by atoms with Crippen LogP contribution in [0.4, 0.5) is 11.5 Å². The second-order valence-corrected chi connectivity index (χ2v) is 8.86. The Labute approximate surface area is 206 Å². The second-order valence-electron chi connectivity index (χ2n) is 8.86. The van der Waals surface area contributed by atoms with Crippen LogP contribution in [0.5, 0.6) is 0 Å². The zero-order valence-corrected chi connectivity index (χ0v) is 20.0. The van der Waals surface area contributed by atoms with Gasteiger partial charge in [0.05, 0.1) is 11.3 Å². The Morgan fingerprint density at radius 3 is 2.14 bits per heavy atom. The molecule has 1 saturated heterocycles. The van der Waals surface area contributed by atoms with Crippen LogP contribution in [0.1, 0.15) is 63.9 Å². The third-order valence-electron chi connectivity index (χ3n) is 6.17. The first-order chi connectivity index (χ1) is 17.0. The first-order valence-electron chi connectivity index (χ1n) is 12.1. The van der Waals surface area contributed by atoms with Crippen molar-refractivity contribution < 1.29 is 9.59 Å². The number of rotatable bonds is 5. The number of carbonyl (C=O) groups is 2. The molecule has 1 aliphatic heterocycles. The number of para-hydroxylation sites is 1. The Balaban J connectivity index is 1.43. The number of amides is 2. The number of carbonyl (C=O) groups excluding carboxylic acids is 2. The zero-order chi connectivity index (χ0) is 24.6. The molecule has 0 saturated carbocycles. The van der Waals surface area contributed by atoms with Crippen molar-refractivity contribution in [2.24, 2.45) is 0 Å². The lowest BCUT2D eigenvalue weighted by molar-refractivity contribution is 0.102. The molecule has 1 fully saturated rings. The van der Waals surface area contributed by atoms with Crippen LogP contribution in [0.3, 0.4) is 0 Å². The molecule has 3 N–H and O–H groups in total. The van der Waals surface area contributed by atoms with Gasteiger partial charge in [0.1, 0.15) is 11.7 Å². The number of aromatic nitrogens is 1. The molecule has 1 aromatic heterocycles. The highest BCUT2D eigenvalue weighted by Crippen LogP contribution is 2.19. The third kappa shape index (κ3) is 6.32. The van der Waals surface area contributed by atoms with Gasteiger partial charge >= 0.3 is 0 Å². The van der Waals surface area contributed by atoms with Gasteiger partial charge in [-0.2, -0.15) is 0 Å². The molecule has 0 atom stereocenters. The van der Waals surface area contributed by atoms with E-state index in [1.807, 2.05) is 25.1 Å². The number of pyridine rings is 1.